The van der Waals surface area contributed by atoms with Crippen LogP contribution in [0, 0.1) is 0 Å². The van der Waals surface area contributed by atoms with E-state index in [0.29, 0.717) is 18.8 Å². The quantitative estimate of drug-likeness (QED) is 0.711. The second kappa shape index (κ2) is 7.72. The van der Waals surface area contributed by atoms with Gasteiger partial charge in [-0.05, 0) is 0 Å². The van der Waals surface area contributed by atoms with Gasteiger partial charge in [0.05, 0.1) is 11.9 Å². The van der Waals surface area contributed by atoms with E-state index in [1.54, 1.807) is 23.7 Å². The Morgan fingerprint density at radius 3 is 2.62 bits per heavy atom. The number of aromatic nitrogens is 3. The number of carbonyl (C=O) groups excluding carboxylic acids is 1. The molecule has 1 amide bonds. The lowest BCUT2D eigenvalue weighted by molar-refractivity contribution is 0.0621. The monoisotopic (exact) mass is 365 g/mol. The molecule has 0 bridgehead atoms. The van der Waals surface area contributed by atoms with Crippen molar-refractivity contribution >= 4 is 17.2 Å². The Bertz CT molecular complexity index is 860. The van der Waals surface area contributed by atoms with Gasteiger partial charge in [-0.25, -0.2) is 9.97 Å². The van der Waals surface area contributed by atoms with Gasteiger partial charge in [0.25, 0.3) is 5.91 Å². The predicted molar refractivity (Wildman–Crippen MR) is 101 cm³/mol. The molecule has 3 aromatic rings. The highest BCUT2D eigenvalue weighted by molar-refractivity contribution is 7.13. The van der Waals surface area contributed by atoms with Gasteiger partial charge in [-0.2, -0.15) is 0 Å². The molecule has 4 rings (SSSR count). The molecule has 0 unspecified atom stereocenters. The first-order valence-corrected chi connectivity index (χ1v) is 9.45. The van der Waals surface area contributed by atoms with E-state index < -0.39 is 0 Å². The first-order valence-electron chi connectivity index (χ1n) is 8.57. The molecule has 0 N–H and O–H groups in total. The summed E-state index contributed by atoms with van der Waals surface area (Å²) in [6.45, 7) is 3.89. The number of rotatable bonds is 4. The number of nitrogens with zero attached hydrogens (tertiary/aromatic N) is 5. The number of thiazole rings is 1. The summed E-state index contributed by atoms with van der Waals surface area (Å²) in [5, 5.41) is 3.18. The zero-order chi connectivity index (χ0) is 17.8. The van der Waals surface area contributed by atoms with Crippen molar-refractivity contribution in [3.63, 3.8) is 0 Å². The predicted octanol–water partition coefficient (Wildman–Crippen LogP) is 2.56. The standard InChI is InChI=1S/C19H19N5OS/c25-19(17-12-20-6-7-21-17)24-10-8-23(9-11-24)13-16-14-26-18(22-16)15-4-2-1-3-5-15/h1-7,12,14H,8-11,13H2. The van der Waals surface area contributed by atoms with Gasteiger partial charge < -0.3 is 4.90 Å². The van der Waals surface area contributed by atoms with E-state index in [0.717, 1.165) is 35.9 Å². The SMILES string of the molecule is O=C(c1cnccn1)N1CCN(Cc2csc(-c3ccccc3)n2)CC1. The van der Waals surface area contributed by atoms with Crippen molar-refractivity contribution in [1.82, 2.24) is 24.8 Å². The fourth-order valence-corrected chi connectivity index (χ4v) is 3.82. The molecule has 0 spiro atoms. The van der Waals surface area contributed by atoms with Crippen LogP contribution in [-0.4, -0.2) is 56.8 Å². The Balaban J connectivity index is 1.33. The molecule has 0 radical (unpaired) electrons. The molecule has 1 aliphatic heterocycles. The number of carbonyl (C=O) groups is 1. The van der Waals surface area contributed by atoms with Crippen LogP contribution in [0.15, 0.2) is 54.3 Å². The van der Waals surface area contributed by atoms with Crippen molar-refractivity contribution in [3.8, 4) is 10.6 Å². The molecule has 0 aliphatic carbocycles. The number of piperazine rings is 1. The summed E-state index contributed by atoms with van der Waals surface area (Å²) in [5.41, 5.74) is 2.65. The van der Waals surface area contributed by atoms with Crippen molar-refractivity contribution in [1.29, 1.82) is 0 Å². The number of benzene rings is 1. The lowest BCUT2D eigenvalue weighted by Gasteiger charge is -2.34. The van der Waals surface area contributed by atoms with Gasteiger partial charge in [-0.1, -0.05) is 30.3 Å². The Hall–Kier alpha value is -2.64. The average Bonchev–Trinajstić information content (AvgIpc) is 3.18. The van der Waals surface area contributed by atoms with Gasteiger partial charge in [-0.3, -0.25) is 14.7 Å². The van der Waals surface area contributed by atoms with E-state index in [-0.39, 0.29) is 5.91 Å². The highest BCUT2D eigenvalue weighted by atomic mass is 32.1. The van der Waals surface area contributed by atoms with Gasteiger partial charge in [-0.15, -0.1) is 11.3 Å². The normalized spacial score (nSPS) is 15.2. The first kappa shape index (κ1) is 16.8. The molecule has 1 aliphatic rings. The summed E-state index contributed by atoms with van der Waals surface area (Å²) in [6, 6.07) is 10.2. The van der Waals surface area contributed by atoms with E-state index >= 15 is 0 Å². The fourth-order valence-electron chi connectivity index (χ4n) is 3.00. The Labute approximate surface area is 156 Å². The van der Waals surface area contributed by atoms with Crippen molar-refractivity contribution in [3.05, 3.63) is 65.7 Å². The van der Waals surface area contributed by atoms with Crippen LogP contribution in [0.25, 0.3) is 10.6 Å². The summed E-state index contributed by atoms with van der Waals surface area (Å²) < 4.78 is 0. The Morgan fingerprint density at radius 2 is 1.88 bits per heavy atom. The molecule has 2 aromatic heterocycles. The van der Waals surface area contributed by atoms with Gasteiger partial charge in [0.2, 0.25) is 0 Å². The molecule has 1 aromatic carbocycles. The summed E-state index contributed by atoms with van der Waals surface area (Å²) in [4.78, 5) is 29.4. The maximum Gasteiger partial charge on any atom is 0.274 e. The molecule has 26 heavy (non-hydrogen) atoms. The largest absolute Gasteiger partial charge is 0.335 e. The minimum absolute atomic E-state index is 0.0437. The van der Waals surface area contributed by atoms with E-state index in [1.807, 2.05) is 23.1 Å². The highest BCUT2D eigenvalue weighted by Gasteiger charge is 2.23. The summed E-state index contributed by atoms with van der Waals surface area (Å²) in [6.07, 6.45) is 4.65. The fraction of sp³-hybridized carbons (Fsp3) is 0.263. The smallest absolute Gasteiger partial charge is 0.274 e. The van der Waals surface area contributed by atoms with Crippen LogP contribution in [0.1, 0.15) is 16.2 Å². The van der Waals surface area contributed by atoms with E-state index in [1.165, 1.54) is 6.20 Å². The minimum Gasteiger partial charge on any atom is -0.335 e. The molecular weight excluding hydrogens is 346 g/mol. The molecule has 1 saturated heterocycles. The third-order valence-electron chi connectivity index (χ3n) is 4.40. The topological polar surface area (TPSA) is 62.2 Å². The van der Waals surface area contributed by atoms with Gasteiger partial charge >= 0.3 is 0 Å². The van der Waals surface area contributed by atoms with Crippen molar-refractivity contribution < 1.29 is 4.79 Å². The van der Waals surface area contributed by atoms with E-state index in [9.17, 15) is 4.79 Å². The summed E-state index contributed by atoms with van der Waals surface area (Å²) in [7, 11) is 0. The van der Waals surface area contributed by atoms with Crippen LogP contribution in [-0.2, 0) is 6.54 Å². The first-order chi connectivity index (χ1) is 12.8. The number of amides is 1. The zero-order valence-corrected chi connectivity index (χ0v) is 15.1. The molecule has 3 heterocycles. The van der Waals surface area contributed by atoms with Gasteiger partial charge in [0.15, 0.2) is 0 Å². The molecule has 0 saturated carbocycles. The molecule has 1 fully saturated rings. The second-order valence-electron chi connectivity index (χ2n) is 6.17. The van der Waals surface area contributed by atoms with Crippen molar-refractivity contribution in [2.45, 2.75) is 6.54 Å². The third kappa shape index (κ3) is 3.79. The highest BCUT2D eigenvalue weighted by Crippen LogP contribution is 2.24. The Kier molecular flexibility index (Phi) is 4.99. The summed E-state index contributed by atoms with van der Waals surface area (Å²) >= 11 is 1.68. The molecule has 6 nitrogen and oxygen atoms in total. The van der Waals surface area contributed by atoms with Crippen LogP contribution < -0.4 is 0 Å². The van der Waals surface area contributed by atoms with Crippen LogP contribution in [0.5, 0.6) is 0 Å². The van der Waals surface area contributed by atoms with Crippen LogP contribution in [0.3, 0.4) is 0 Å². The molecule has 132 valence electrons. The molecule has 7 heteroatoms. The molecule has 0 atom stereocenters. The molecular formula is C19H19N5OS. The van der Waals surface area contributed by atoms with Crippen LogP contribution in [0.2, 0.25) is 0 Å². The van der Waals surface area contributed by atoms with E-state index in [4.69, 9.17) is 4.98 Å². The van der Waals surface area contributed by atoms with Crippen LogP contribution >= 0.6 is 11.3 Å². The Morgan fingerprint density at radius 1 is 1.08 bits per heavy atom. The minimum atomic E-state index is -0.0437. The average molecular weight is 365 g/mol. The van der Waals surface area contributed by atoms with Crippen molar-refractivity contribution in [2.24, 2.45) is 0 Å². The summed E-state index contributed by atoms with van der Waals surface area (Å²) in [5.74, 6) is -0.0437. The maximum atomic E-state index is 12.4. The third-order valence-corrected chi connectivity index (χ3v) is 5.34. The lowest BCUT2D eigenvalue weighted by atomic mass is 10.2. The number of hydrogen-bond donors (Lipinski definition) is 0. The maximum absolute atomic E-state index is 12.4. The van der Waals surface area contributed by atoms with E-state index in [2.05, 4.69) is 32.4 Å². The number of hydrogen-bond acceptors (Lipinski definition) is 6. The van der Waals surface area contributed by atoms with Crippen LogP contribution in [0.4, 0.5) is 0 Å². The second-order valence-corrected chi connectivity index (χ2v) is 7.03. The lowest BCUT2D eigenvalue weighted by Crippen LogP contribution is -2.48. The van der Waals surface area contributed by atoms with Gasteiger partial charge in [0.1, 0.15) is 10.7 Å². The zero-order valence-electron chi connectivity index (χ0n) is 14.3. The van der Waals surface area contributed by atoms with Crippen molar-refractivity contribution in [2.75, 3.05) is 26.2 Å². The van der Waals surface area contributed by atoms with Gasteiger partial charge in [0, 0.05) is 56.1 Å².